The predicted molar refractivity (Wildman–Crippen MR) is 152 cm³/mol. The molecule has 1 saturated heterocycles. The maximum Gasteiger partial charge on any atom is 0.253 e. The minimum absolute atomic E-state index is 0.0586. The molecule has 1 atom stereocenters. The average Bonchev–Trinajstić information content (AvgIpc) is 2.94. The second kappa shape index (κ2) is 11.7. The molecule has 3 aromatic rings. The van der Waals surface area contributed by atoms with Crippen LogP contribution in [-0.4, -0.2) is 66.0 Å². The van der Waals surface area contributed by atoms with Crippen molar-refractivity contribution in [3.05, 3.63) is 93.4 Å². The quantitative estimate of drug-likeness (QED) is 0.404. The molecular formula is C31H35ClN4O2. The number of nitrogens with zero attached hydrogens (tertiary/aromatic N) is 4. The number of methoxy groups -OCH3 is 1. The second-order valence-electron chi connectivity index (χ2n) is 10.3. The van der Waals surface area contributed by atoms with Crippen molar-refractivity contribution in [3.63, 3.8) is 0 Å². The van der Waals surface area contributed by atoms with Gasteiger partial charge in [-0.05, 0) is 62.1 Å². The molecule has 198 valence electrons. The minimum atomic E-state index is 0.0586. The van der Waals surface area contributed by atoms with E-state index in [9.17, 15) is 4.79 Å². The number of piperazine rings is 1. The third-order valence-corrected chi connectivity index (χ3v) is 7.99. The van der Waals surface area contributed by atoms with Crippen LogP contribution in [-0.2, 0) is 6.42 Å². The van der Waals surface area contributed by atoms with E-state index >= 15 is 0 Å². The molecule has 0 N–H and O–H groups in total. The van der Waals surface area contributed by atoms with Gasteiger partial charge < -0.3 is 14.5 Å². The first-order chi connectivity index (χ1) is 18.4. The number of rotatable bonds is 6. The highest BCUT2D eigenvalue weighted by molar-refractivity contribution is 6.32. The fraction of sp³-hybridized carbons (Fsp3) is 0.387. The van der Waals surface area contributed by atoms with E-state index in [1.54, 1.807) is 7.11 Å². The molecule has 1 amide bonds. The van der Waals surface area contributed by atoms with Crippen molar-refractivity contribution >= 4 is 23.1 Å². The zero-order valence-electron chi connectivity index (χ0n) is 22.4. The number of hydrogen-bond acceptors (Lipinski definition) is 5. The fourth-order valence-electron chi connectivity index (χ4n) is 5.49. The van der Waals surface area contributed by atoms with E-state index < -0.39 is 0 Å². The molecule has 38 heavy (non-hydrogen) atoms. The van der Waals surface area contributed by atoms with Gasteiger partial charge in [-0.3, -0.25) is 4.79 Å². The number of hydrogen-bond donors (Lipinski definition) is 0. The summed E-state index contributed by atoms with van der Waals surface area (Å²) in [6, 6.07) is 16.2. The topological polar surface area (TPSA) is 58.6 Å². The SMILES string of the molecule is COc1nc(C)nc(C2CC=C(c3ccc(C(=O)N4CCN(C)CC4)cc3Cl)CC2)c1Cc1ccccc1. The zero-order chi connectivity index (χ0) is 26.6. The largest absolute Gasteiger partial charge is 0.481 e. The summed E-state index contributed by atoms with van der Waals surface area (Å²) in [7, 11) is 3.77. The summed E-state index contributed by atoms with van der Waals surface area (Å²) in [5.41, 5.74) is 6.26. The molecule has 0 bridgehead atoms. The third kappa shape index (κ3) is 5.77. The van der Waals surface area contributed by atoms with Gasteiger partial charge in [0.15, 0.2) is 0 Å². The zero-order valence-corrected chi connectivity index (χ0v) is 23.2. The lowest BCUT2D eigenvalue weighted by atomic mass is 9.82. The number of likely N-dealkylation sites (N-methyl/N-ethyl adjacent to an activating group) is 1. The molecule has 7 heteroatoms. The van der Waals surface area contributed by atoms with Crippen molar-refractivity contribution in [2.45, 2.75) is 38.5 Å². The molecule has 2 heterocycles. The highest BCUT2D eigenvalue weighted by Gasteiger charge is 2.26. The minimum Gasteiger partial charge on any atom is -0.481 e. The molecule has 6 nitrogen and oxygen atoms in total. The number of aryl methyl sites for hydroxylation is 1. The van der Waals surface area contributed by atoms with Gasteiger partial charge in [0.1, 0.15) is 5.82 Å². The molecule has 5 rings (SSSR count). The van der Waals surface area contributed by atoms with Crippen LogP contribution in [0.2, 0.25) is 5.02 Å². The van der Waals surface area contributed by atoms with E-state index in [1.807, 2.05) is 36.1 Å². The summed E-state index contributed by atoms with van der Waals surface area (Å²) in [6.45, 7) is 5.22. The van der Waals surface area contributed by atoms with Gasteiger partial charge in [-0.25, -0.2) is 4.98 Å². The first-order valence-corrected chi connectivity index (χ1v) is 13.7. The van der Waals surface area contributed by atoms with Crippen molar-refractivity contribution in [3.8, 4) is 5.88 Å². The maximum absolute atomic E-state index is 13.0. The lowest BCUT2D eigenvalue weighted by Crippen LogP contribution is -2.47. The standard InChI is InChI=1S/C31H35ClN4O2/c1-21-33-29(27(30(34-21)38-3)19-22-7-5-4-6-8-22)24-11-9-23(10-12-24)26-14-13-25(20-28(26)32)31(37)36-17-15-35(2)16-18-36/h4-9,13-14,20,24H,10-12,15-19H2,1-3H3. The van der Waals surface area contributed by atoms with Gasteiger partial charge in [-0.1, -0.05) is 54.1 Å². The molecular weight excluding hydrogens is 496 g/mol. The van der Waals surface area contributed by atoms with Gasteiger partial charge in [0.2, 0.25) is 5.88 Å². The molecule has 1 aromatic heterocycles. The lowest BCUT2D eigenvalue weighted by molar-refractivity contribution is 0.0664. The maximum atomic E-state index is 13.0. The third-order valence-electron chi connectivity index (χ3n) is 7.68. The Bertz CT molecular complexity index is 1330. The molecule has 2 aromatic carbocycles. The number of halogens is 1. The van der Waals surface area contributed by atoms with E-state index in [4.69, 9.17) is 21.3 Å². The van der Waals surface area contributed by atoms with Gasteiger partial charge in [0.05, 0.1) is 12.8 Å². The van der Waals surface area contributed by atoms with E-state index in [2.05, 4.69) is 47.3 Å². The van der Waals surface area contributed by atoms with Crippen LogP contribution in [0.15, 0.2) is 54.6 Å². The Hall–Kier alpha value is -3.22. The van der Waals surface area contributed by atoms with Gasteiger partial charge in [-0.15, -0.1) is 0 Å². The number of allylic oxidation sites excluding steroid dienone is 2. The molecule has 1 aliphatic carbocycles. The van der Waals surface area contributed by atoms with Crippen LogP contribution in [0.1, 0.15) is 63.7 Å². The summed E-state index contributed by atoms with van der Waals surface area (Å²) in [5.74, 6) is 1.73. The monoisotopic (exact) mass is 530 g/mol. The van der Waals surface area contributed by atoms with Crippen LogP contribution >= 0.6 is 11.6 Å². The Morgan fingerprint density at radius 2 is 1.84 bits per heavy atom. The van der Waals surface area contributed by atoms with Crippen LogP contribution in [0.5, 0.6) is 5.88 Å². The van der Waals surface area contributed by atoms with Gasteiger partial charge in [0.25, 0.3) is 5.91 Å². The van der Waals surface area contributed by atoms with Crippen LogP contribution in [0.25, 0.3) is 5.57 Å². The van der Waals surface area contributed by atoms with Crippen LogP contribution in [0.4, 0.5) is 0 Å². The molecule has 0 radical (unpaired) electrons. The van der Waals surface area contributed by atoms with E-state index in [1.165, 1.54) is 11.1 Å². The van der Waals surface area contributed by atoms with Crippen LogP contribution in [0.3, 0.4) is 0 Å². The van der Waals surface area contributed by atoms with E-state index in [-0.39, 0.29) is 11.8 Å². The van der Waals surface area contributed by atoms with Crippen molar-refractivity contribution in [1.29, 1.82) is 0 Å². The van der Waals surface area contributed by atoms with Crippen LogP contribution < -0.4 is 4.74 Å². The molecule has 0 saturated carbocycles. The fourth-order valence-corrected chi connectivity index (χ4v) is 5.79. The second-order valence-corrected chi connectivity index (χ2v) is 10.7. The van der Waals surface area contributed by atoms with Gasteiger partial charge >= 0.3 is 0 Å². The molecule has 1 aliphatic heterocycles. The normalized spacial score (nSPS) is 18.3. The van der Waals surface area contributed by atoms with E-state index in [0.717, 1.165) is 74.5 Å². The lowest BCUT2D eigenvalue weighted by Gasteiger charge is -2.32. The molecule has 1 fully saturated rings. The first-order valence-electron chi connectivity index (χ1n) is 13.3. The average molecular weight is 531 g/mol. The van der Waals surface area contributed by atoms with Crippen molar-refractivity contribution in [1.82, 2.24) is 19.8 Å². The molecule has 0 spiro atoms. The van der Waals surface area contributed by atoms with Gasteiger partial charge in [0, 0.05) is 54.7 Å². The summed E-state index contributed by atoms with van der Waals surface area (Å²) < 4.78 is 5.70. The van der Waals surface area contributed by atoms with Crippen molar-refractivity contribution < 1.29 is 9.53 Å². The Labute approximate surface area is 230 Å². The summed E-state index contributed by atoms with van der Waals surface area (Å²) >= 11 is 6.74. The first kappa shape index (κ1) is 26.4. The Morgan fingerprint density at radius 1 is 1.08 bits per heavy atom. The van der Waals surface area contributed by atoms with E-state index in [0.29, 0.717) is 16.5 Å². The number of carbonyl (C=O) groups excluding carboxylic acids is 1. The van der Waals surface area contributed by atoms with Gasteiger partial charge in [-0.2, -0.15) is 4.98 Å². The predicted octanol–water partition coefficient (Wildman–Crippen LogP) is 5.78. The highest BCUT2D eigenvalue weighted by atomic mass is 35.5. The molecule has 1 unspecified atom stereocenters. The number of carbonyl (C=O) groups is 1. The van der Waals surface area contributed by atoms with Crippen molar-refractivity contribution in [2.75, 3.05) is 40.3 Å². The summed E-state index contributed by atoms with van der Waals surface area (Å²) in [6.07, 6.45) is 5.75. The van der Waals surface area contributed by atoms with Crippen LogP contribution in [0, 0.1) is 6.92 Å². The highest BCUT2D eigenvalue weighted by Crippen LogP contribution is 2.40. The van der Waals surface area contributed by atoms with Crippen molar-refractivity contribution in [2.24, 2.45) is 0 Å². The summed E-state index contributed by atoms with van der Waals surface area (Å²) in [5, 5.41) is 0.638. The Kier molecular flexibility index (Phi) is 8.10. The number of aromatic nitrogens is 2. The smallest absolute Gasteiger partial charge is 0.253 e. The molecule has 2 aliphatic rings. The summed E-state index contributed by atoms with van der Waals surface area (Å²) in [4.78, 5) is 26.6. The Morgan fingerprint density at radius 3 is 2.50 bits per heavy atom. The number of benzene rings is 2. The Balaban J connectivity index is 1.35. The number of ether oxygens (including phenoxy) is 1. The number of amides is 1.